The number of carbonyl (C=O) groups excluding carboxylic acids is 1. The lowest BCUT2D eigenvalue weighted by atomic mass is 10.2. The molecule has 1 amide bonds. The molecule has 4 nitrogen and oxygen atoms in total. The molecule has 1 N–H and O–H groups in total. The predicted octanol–water partition coefficient (Wildman–Crippen LogP) is 4.09. The van der Waals surface area contributed by atoms with Crippen LogP contribution >= 0.6 is 23.4 Å². The van der Waals surface area contributed by atoms with Gasteiger partial charge in [0.25, 0.3) is 0 Å². The molecule has 0 aliphatic rings. The van der Waals surface area contributed by atoms with E-state index in [2.05, 4.69) is 11.4 Å². The van der Waals surface area contributed by atoms with Crippen LogP contribution in [0, 0.1) is 13.8 Å². The van der Waals surface area contributed by atoms with Gasteiger partial charge in [0.05, 0.1) is 21.4 Å². The molecule has 2 aromatic rings. The molecular weight excluding hydrogens is 366 g/mol. The fraction of sp³-hybridized carbons (Fsp3) is 0.235. The van der Waals surface area contributed by atoms with Gasteiger partial charge < -0.3 is 5.32 Å². The highest BCUT2D eigenvalue weighted by Gasteiger charge is 2.13. The lowest BCUT2D eigenvalue weighted by Gasteiger charge is -2.10. The van der Waals surface area contributed by atoms with Crippen LogP contribution in [0.2, 0.25) is 5.02 Å². The number of rotatable bonds is 5. The number of benzene rings is 2. The molecule has 0 saturated heterocycles. The van der Waals surface area contributed by atoms with Crippen molar-refractivity contribution in [1.29, 1.82) is 0 Å². The summed E-state index contributed by atoms with van der Waals surface area (Å²) >= 11 is 7.46. The summed E-state index contributed by atoms with van der Waals surface area (Å²) in [5, 5.41) is 2.97. The van der Waals surface area contributed by atoms with Gasteiger partial charge in [-0.3, -0.25) is 4.79 Å². The van der Waals surface area contributed by atoms with Crippen LogP contribution in [0.15, 0.2) is 46.2 Å². The maximum Gasteiger partial charge on any atom is 0.234 e. The lowest BCUT2D eigenvalue weighted by Crippen LogP contribution is -2.15. The zero-order chi connectivity index (χ0) is 17.9. The number of amides is 1. The highest BCUT2D eigenvalue weighted by Crippen LogP contribution is 2.27. The molecule has 0 aromatic heterocycles. The monoisotopic (exact) mass is 383 g/mol. The maximum absolute atomic E-state index is 12.1. The summed E-state index contributed by atoms with van der Waals surface area (Å²) in [6.45, 7) is 4.02. The van der Waals surface area contributed by atoms with Crippen molar-refractivity contribution in [1.82, 2.24) is 0 Å². The normalized spacial score (nSPS) is 11.3. The zero-order valence-electron chi connectivity index (χ0n) is 13.6. The van der Waals surface area contributed by atoms with Crippen molar-refractivity contribution in [3.05, 3.63) is 52.5 Å². The van der Waals surface area contributed by atoms with E-state index < -0.39 is 9.84 Å². The Bertz CT molecular complexity index is 879. The summed E-state index contributed by atoms with van der Waals surface area (Å²) in [5.74, 6) is -0.0314. The molecule has 24 heavy (non-hydrogen) atoms. The predicted molar refractivity (Wildman–Crippen MR) is 99.8 cm³/mol. The topological polar surface area (TPSA) is 63.2 Å². The molecule has 0 aliphatic carbocycles. The van der Waals surface area contributed by atoms with Gasteiger partial charge in [0, 0.05) is 11.2 Å². The van der Waals surface area contributed by atoms with Gasteiger partial charge >= 0.3 is 0 Å². The van der Waals surface area contributed by atoms with Gasteiger partial charge in [-0.15, -0.1) is 11.8 Å². The minimum Gasteiger partial charge on any atom is -0.324 e. The first-order valence-corrected chi connectivity index (χ1v) is 10.4. The van der Waals surface area contributed by atoms with Crippen LogP contribution in [-0.4, -0.2) is 26.3 Å². The minimum absolute atomic E-state index is 0.115. The molecule has 2 aromatic carbocycles. The average molecular weight is 384 g/mol. The summed E-state index contributed by atoms with van der Waals surface area (Å²) in [6, 6.07) is 10.3. The Morgan fingerprint density at radius 3 is 2.50 bits per heavy atom. The molecule has 2 rings (SSSR count). The van der Waals surface area contributed by atoms with Crippen molar-refractivity contribution in [3.8, 4) is 0 Å². The summed E-state index contributed by atoms with van der Waals surface area (Å²) < 4.78 is 23.2. The van der Waals surface area contributed by atoms with E-state index in [0.717, 1.165) is 16.7 Å². The van der Waals surface area contributed by atoms with E-state index in [1.54, 1.807) is 0 Å². The summed E-state index contributed by atoms with van der Waals surface area (Å²) in [4.78, 5) is 13.3. The molecule has 0 heterocycles. The fourth-order valence-corrected chi connectivity index (χ4v) is 3.74. The first kappa shape index (κ1) is 18.8. The molecule has 0 spiro atoms. The van der Waals surface area contributed by atoms with E-state index >= 15 is 0 Å². The second-order valence-electron chi connectivity index (χ2n) is 5.52. The Balaban J connectivity index is 2.07. The molecule has 0 unspecified atom stereocenters. The van der Waals surface area contributed by atoms with Crippen LogP contribution in [-0.2, 0) is 14.6 Å². The van der Waals surface area contributed by atoms with E-state index in [9.17, 15) is 13.2 Å². The van der Waals surface area contributed by atoms with Crippen LogP contribution in [0.3, 0.4) is 0 Å². The van der Waals surface area contributed by atoms with Gasteiger partial charge in [-0.1, -0.05) is 29.3 Å². The largest absolute Gasteiger partial charge is 0.324 e. The molecular formula is C17H18ClNO3S2. The second-order valence-corrected chi connectivity index (χ2v) is 8.96. The Morgan fingerprint density at radius 2 is 1.88 bits per heavy atom. The van der Waals surface area contributed by atoms with E-state index in [1.165, 1.54) is 35.5 Å². The number of hydrogen-bond acceptors (Lipinski definition) is 4. The summed E-state index contributed by atoms with van der Waals surface area (Å²) in [6.07, 6.45) is 1.11. The van der Waals surface area contributed by atoms with Gasteiger partial charge in [0.15, 0.2) is 9.84 Å². The average Bonchev–Trinajstić information content (AvgIpc) is 2.47. The van der Waals surface area contributed by atoms with Crippen LogP contribution in [0.25, 0.3) is 0 Å². The fourth-order valence-electron chi connectivity index (χ4n) is 2.12. The van der Waals surface area contributed by atoms with E-state index in [-0.39, 0.29) is 16.6 Å². The molecule has 0 fully saturated rings. The Morgan fingerprint density at radius 1 is 1.17 bits per heavy atom. The number of halogens is 1. The molecule has 0 atom stereocenters. The van der Waals surface area contributed by atoms with Gasteiger partial charge in [-0.2, -0.15) is 0 Å². The highest BCUT2D eigenvalue weighted by molar-refractivity contribution is 8.00. The number of aryl methyl sites for hydroxylation is 2. The zero-order valence-corrected chi connectivity index (χ0v) is 16.0. The van der Waals surface area contributed by atoms with Crippen molar-refractivity contribution in [2.75, 3.05) is 17.3 Å². The number of hydrogen-bond donors (Lipinski definition) is 1. The Kier molecular flexibility index (Phi) is 5.96. The van der Waals surface area contributed by atoms with Crippen molar-refractivity contribution in [2.24, 2.45) is 0 Å². The Hall–Kier alpha value is -1.50. The van der Waals surface area contributed by atoms with Gasteiger partial charge in [0.2, 0.25) is 5.91 Å². The van der Waals surface area contributed by atoms with Crippen LogP contribution < -0.4 is 5.32 Å². The smallest absolute Gasteiger partial charge is 0.234 e. The molecule has 0 bridgehead atoms. The molecule has 128 valence electrons. The van der Waals surface area contributed by atoms with E-state index in [0.29, 0.717) is 10.7 Å². The molecule has 0 saturated carbocycles. The van der Waals surface area contributed by atoms with Crippen LogP contribution in [0.4, 0.5) is 5.69 Å². The third-order valence-electron chi connectivity index (χ3n) is 3.33. The third-order valence-corrected chi connectivity index (χ3v) is 5.94. The van der Waals surface area contributed by atoms with E-state index in [1.807, 2.05) is 26.0 Å². The van der Waals surface area contributed by atoms with Crippen molar-refractivity contribution in [3.63, 3.8) is 0 Å². The Labute approximate surface area is 151 Å². The number of anilines is 1. The number of thioether (sulfide) groups is 1. The quantitative estimate of drug-likeness (QED) is 0.790. The third kappa shape index (κ3) is 5.00. The van der Waals surface area contributed by atoms with Crippen LogP contribution in [0.1, 0.15) is 11.1 Å². The van der Waals surface area contributed by atoms with Crippen molar-refractivity contribution in [2.45, 2.75) is 23.6 Å². The van der Waals surface area contributed by atoms with Gasteiger partial charge in [-0.05, 0) is 43.7 Å². The number of carbonyl (C=O) groups is 1. The SMILES string of the molecule is Cc1ccc(SCC(=O)Nc2cc(S(C)(=O)=O)ccc2Cl)c(C)c1. The maximum atomic E-state index is 12.1. The highest BCUT2D eigenvalue weighted by atomic mass is 35.5. The molecule has 0 aliphatic heterocycles. The van der Waals surface area contributed by atoms with Crippen molar-refractivity contribution < 1.29 is 13.2 Å². The molecule has 7 heteroatoms. The second kappa shape index (κ2) is 7.59. The van der Waals surface area contributed by atoms with Crippen LogP contribution in [0.5, 0.6) is 0 Å². The minimum atomic E-state index is -3.36. The standard InChI is InChI=1S/C17H18ClNO3S2/c1-11-4-7-16(12(2)8-11)23-10-17(20)19-15-9-13(24(3,21)22)5-6-14(15)18/h4-9H,10H2,1-3H3,(H,19,20). The first-order valence-electron chi connectivity index (χ1n) is 7.16. The van der Waals surface area contributed by atoms with Gasteiger partial charge in [0.1, 0.15) is 0 Å². The lowest BCUT2D eigenvalue weighted by molar-refractivity contribution is -0.113. The molecule has 0 radical (unpaired) electrons. The summed E-state index contributed by atoms with van der Waals surface area (Å²) in [5.41, 5.74) is 2.58. The first-order chi connectivity index (χ1) is 11.2. The number of sulfone groups is 1. The van der Waals surface area contributed by atoms with Gasteiger partial charge in [-0.25, -0.2) is 8.42 Å². The number of nitrogens with one attached hydrogen (secondary N) is 1. The van der Waals surface area contributed by atoms with E-state index in [4.69, 9.17) is 11.6 Å². The van der Waals surface area contributed by atoms with Crippen molar-refractivity contribution >= 4 is 44.8 Å². The summed E-state index contributed by atoms with van der Waals surface area (Å²) in [7, 11) is -3.36.